The third-order valence-corrected chi connectivity index (χ3v) is 3.45. The largest absolute Gasteiger partial charge is 0.188 e. The summed E-state index contributed by atoms with van der Waals surface area (Å²) in [6.07, 6.45) is 2.44. The van der Waals surface area contributed by atoms with Crippen molar-refractivity contribution in [3.05, 3.63) is 53.6 Å². The highest BCUT2D eigenvalue weighted by atomic mass is 15.5. The molecule has 0 bridgehead atoms. The lowest BCUT2D eigenvalue weighted by molar-refractivity contribution is 0.496. The van der Waals surface area contributed by atoms with Gasteiger partial charge in [0.05, 0.1) is 5.41 Å². The molecule has 0 unspecified atom stereocenters. The molecular formula is C13H14N8. The molecule has 0 aliphatic rings. The number of hydrogen-bond acceptors (Lipinski definition) is 6. The molecule has 2 heterocycles. The molecule has 0 radical (unpaired) electrons. The number of aromatic nitrogens is 8. The van der Waals surface area contributed by atoms with Gasteiger partial charge in [-0.25, -0.2) is 0 Å². The standard InChI is InChI=1S/C13H14N8/c1-3-9-4-6-10(7-5-9)8-13(2,11-14-18-19-15-11)12-16-20-21-17-12/h3-7H,1,8H2,2H3,(H,14,15,18,19)(H,16,17,20,21). The zero-order chi connectivity index (χ0) is 14.7. The Kier molecular flexibility index (Phi) is 3.27. The molecule has 8 nitrogen and oxygen atoms in total. The lowest BCUT2D eigenvalue weighted by Crippen LogP contribution is -2.30. The van der Waals surface area contributed by atoms with Crippen LogP contribution in [0.2, 0.25) is 0 Å². The van der Waals surface area contributed by atoms with Gasteiger partial charge in [-0.15, -0.1) is 20.4 Å². The zero-order valence-electron chi connectivity index (χ0n) is 11.5. The number of H-pyrrole nitrogens is 2. The van der Waals surface area contributed by atoms with Crippen molar-refractivity contribution in [3.8, 4) is 0 Å². The summed E-state index contributed by atoms with van der Waals surface area (Å²) in [5.41, 5.74) is 1.56. The minimum Gasteiger partial charge on any atom is -0.177 e. The van der Waals surface area contributed by atoms with Crippen LogP contribution in [0, 0.1) is 0 Å². The summed E-state index contributed by atoms with van der Waals surface area (Å²) in [5, 5.41) is 28.6. The fourth-order valence-corrected chi connectivity index (χ4v) is 2.23. The van der Waals surface area contributed by atoms with Crippen LogP contribution in [0.15, 0.2) is 30.8 Å². The van der Waals surface area contributed by atoms with E-state index in [2.05, 4.69) is 47.8 Å². The van der Waals surface area contributed by atoms with Crippen molar-refractivity contribution in [1.29, 1.82) is 0 Å². The summed E-state index contributed by atoms with van der Waals surface area (Å²) in [7, 11) is 0. The van der Waals surface area contributed by atoms with Crippen LogP contribution in [0.5, 0.6) is 0 Å². The van der Waals surface area contributed by atoms with Gasteiger partial charge in [0.2, 0.25) is 0 Å². The third kappa shape index (κ3) is 2.42. The Labute approximate surface area is 120 Å². The Bertz CT molecular complexity index is 665. The van der Waals surface area contributed by atoms with E-state index < -0.39 is 5.41 Å². The summed E-state index contributed by atoms with van der Waals surface area (Å²) in [6, 6.07) is 8.09. The number of nitrogens with one attached hydrogen (secondary N) is 2. The normalized spacial score (nSPS) is 11.5. The summed E-state index contributed by atoms with van der Waals surface area (Å²) in [6.45, 7) is 5.71. The van der Waals surface area contributed by atoms with Gasteiger partial charge >= 0.3 is 0 Å². The monoisotopic (exact) mass is 282 g/mol. The Morgan fingerprint density at radius 2 is 1.62 bits per heavy atom. The van der Waals surface area contributed by atoms with E-state index in [0.29, 0.717) is 18.1 Å². The minimum atomic E-state index is -0.615. The number of tetrazole rings is 2. The molecular weight excluding hydrogens is 268 g/mol. The second-order valence-electron chi connectivity index (χ2n) is 4.93. The second-order valence-corrected chi connectivity index (χ2v) is 4.93. The average Bonchev–Trinajstić information content (AvgIpc) is 3.21. The van der Waals surface area contributed by atoms with E-state index in [9.17, 15) is 0 Å². The fraction of sp³-hybridized carbons (Fsp3) is 0.231. The van der Waals surface area contributed by atoms with Gasteiger partial charge in [0.25, 0.3) is 0 Å². The minimum absolute atomic E-state index is 0.525. The average molecular weight is 282 g/mol. The third-order valence-electron chi connectivity index (χ3n) is 3.45. The van der Waals surface area contributed by atoms with Gasteiger partial charge in [-0.1, -0.05) is 47.3 Å². The molecule has 3 aromatic rings. The maximum Gasteiger partial charge on any atom is 0.188 e. The lowest BCUT2D eigenvalue weighted by atomic mass is 9.82. The van der Waals surface area contributed by atoms with Crippen LogP contribution >= 0.6 is 0 Å². The molecule has 0 amide bonds. The topological polar surface area (TPSA) is 109 Å². The molecule has 3 rings (SSSR count). The Hall–Kier alpha value is -2.90. The Balaban J connectivity index is 1.98. The molecule has 0 atom stereocenters. The molecule has 0 saturated heterocycles. The predicted octanol–water partition coefficient (Wildman–Crippen LogP) is 0.904. The summed E-state index contributed by atoms with van der Waals surface area (Å²) >= 11 is 0. The van der Waals surface area contributed by atoms with Gasteiger partial charge in [0.1, 0.15) is 0 Å². The van der Waals surface area contributed by atoms with Crippen molar-refractivity contribution in [2.75, 3.05) is 0 Å². The highest BCUT2D eigenvalue weighted by molar-refractivity contribution is 5.47. The van der Waals surface area contributed by atoms with Gasteiger partial charge < -0.3 is 0 Å². The van der Waals surface area contributed by atoms with Crippen LogP contribution < -0.4 is 0 Å². The van der Waals surface area contributed by atoms with Gasteiger partial charge in [-0.05, 0) is 24.5 Å². The van der Waals surface area contributed by atoms with Crippen molar-refractivity contribution in [2.45, 2.75) is 18.8 Å². The highest BCUT2D eigenvalue weighted by Gasteiger charge is 2.37. The van der Waals surface area contributed by atoms with Crippen LogP contribution in [0.4, 0.5) is 0 Å². The Morgan fingerprint density at radius 1 is 1.05 bits per heavy atom. The molecule has 0 saturated carbocycles. The number of rotatable bonds is 5. The highest BCUT2D eigenvalue weighted by Crippen LogP contribution is 2.30. The van der Waals surface area contributed by atoms with Gasteiger partial charge in [-0.3, -0.25) is 0 Å². The molecule has 1 aromatic carbocycles. The molecule has 0 aliphatic heterocycles. The van der Waals surface area contributed by atoms with Crippen molar-refractivity contribution in [3.63, 3.8) is 0 Å². The first kappa shape index (κ1) is 13.1. The quantitative estimate of drug-likeness (QED) is 0.719. The van der Waals surface area contributed by atoms with Crippen molar-refractivity contribution in [2.24, 2.45) is 0 Å². The van der Waals surface area contributed by atoms with Gasteiger partial charge in [0.15, 0.2) is 11.6 Å². The Morgan fingerprint density at radius 3 is 2.05 bits per heavy atom. The number of benzene rings is 1. The van der Waals surface area contributed by atoms with Crippen molar-refractivity contribution in [1.82, 2.24) is 41.2 Å². The number of hydrogen-bond donors (Lipinski definition) is 2. The molecule has 2 aromatic heterocycles. The van der Waals surface area contributed by atoms with E-state index in [4.69, 9.17) is 0 Å². The van der Waals surface area contributed by atoms with Crippen molar-refractivity contribution < 1.29 is 0 Å². The second kappa shape index (κ2) is 5.23. The summed E-state index contributed by atoms with van der Waals surface area (Å²) < 4.78 is 0. The summed E-state index contributed by atoms with van der Waals surface area (Å²) in [5.74, 6) is 1.05. The van der Waals surface area contributed by atoms with Crippen LogP contribution in [0.3, 0.4) is 0 Å². The van der Waals surface area contributed by atoms with Crippen molar-refractivity contribution >= 4 is 6.08 Å². The first-order valence-corrected chi connectivity index (χ1v) is 6.41. The first-order valence-electron chi connectivity index (χ1n) is 6.41. The van der Waals surface area contributed by atoms with Crippen LogP contribution in [0.1, 0.15) is 29.7 Å². The van der Waals surface area contributed by atoms with Crippen LogP contribution in [-0.4, -0.2) is 41.2 Å². The molecule has 2 N–H and O–H groups in total. The van der Waals surface area contributed by atoms with E-state index in [1.165, 1.54) is 0 Å². The molecule has 0 fully saturated rings. The van der Waals surface area contributed by atoms with E-state index in [0.717, 1.165) is 11.1 Å². The predicted molar refractivity (Wildman–Crippen MR) is 75.0 cm³/mol. The number of aromatic amines is 2. The fourth-order valence-electron chi connectivity index (χ4n) is 2.23. The first-order chi connectivity index (χ1) is 10.2. The summed E-state index contributed by atoms with van der Waals surface area (Å²) in [4.78, 5) is 0. The van der Waals surface area contributed by atoms with E-state index >= 15 is 0 Å². The smallest absolute Gasteiger partial charge is 0.177 e. The molecule has 106 valence electrons. The molecule has 0 spiro atoms. The van der Waals surface area contributed by atoms with E-state index in [1.807, 2.05) is 31.2 Å². The molecule has 0 aliphatic carbocycles. The lowest BCUT2D eigenvalue weighted by Gasteiger charge is -2.22. The number of nitrogens with zero attached hydrogens (tertiary/aromatic N) is 6. The molecule has 8 heteroatoms. The van der Waals surface area contributed by atoms with Crippen LogP contribution in [0.25, 0.3) is 6.08 Å². The van der Waals surface area contributed by atoms with E-state index in [1.54, 1.807) is 6.08 Å². The van der Waals surface area contributed by atoms with Crippen LogP contribution in [-0.2, 0) is 11.8 Å². The maximum atomic E-state index is 4.09. The van der Waals surface area contributed by atoms with Gasteiger partial charge in [0, 0.05) is 0 Å². The maximum absolute atomic E-state index is 4.09. The SMILES string of the molecule is C=Cc1ccc(CC(C)(c2nn[nH]n2)c2nn[nH]n2)cc1. The van der Waals surface area contributed by atoms with E-state index in [-0.39, 0.29) is 0 Å². The van der Waals surface area contributed by atoms with Gasteiger partial charge in [-0.2, -0.15) is 10.4 Å². The molecule has 21 heavy (non-hydrogen) atoms. The zero-order valence-corrected chi connectivity index (χ0v) is 11.5.